The van der Waals surface area contributed by atoms with E-state index in [-0.39, 0.29) is 5.54 Å². The van der Waals surface area contributed by atoms with Crippen LogP contribution in [-0.2, 0) is 12.0 Å². The summed E-state index contributed by atoms with van der Waals surface area (Å²) in [5, 5.41) is 1.16. The van der Waals surface area contributed by atoms with Gasteiger partial charge in [-0.25, -0.2) is 4.98 Å². The van der Waals surface area contributed by atoms with E-state index in [2.05, 4.69) is 25.7 Å². The van der Waals surface area contributed by atoms with Gasteiger partial charge in [-0.15, -0.1) is 11.3 Å². The molecule has 1 aliphatic heterocycles. The fourth-order valence-electron chi connectivity index (χ4n) is 2.71. The summed E-state index contributed by atoms with van der Waals surface area (Å²) in [4.78, 5) is 8.63. The molecule has 0 aliphatic carbocycles. The van der Waals surface area contributed by atoms with Crippen molar-refractivity contribution in [2.24, 2.45) is 5.73 Å². The molecule has 3 nitrogen and oxygen atoms in total. The van der Waals surface area contributed by atoms with Crippen LogP contribution in [0.3, 0.4) is 0 Å². The molecule has 1 saturated heterocycles. The number of likely N-dealkylation sites (tertiary alicyclic amines) is 1. The van der Waals surface area contributed by atoms with Gasteiger partial charge in [0.15, 0.2) is 0 Å². The highest BCUT2D eigenvalue weighted by Crippen LogP contribution is 2.34. The van der Waals surface area contributed by atoms with Crippen LogP contribution in [0.15, 0.2) is 0 Å². The largest absolute Gasteiger partial charge is 0.319 e. The van der Waals surface area contributed by atoms with E-state index in [9.17, 15) is 0 Å². The van der Waals surface area contributed by atoms with Gasteiger partial charge in [-0.2, -0.15) is 0 Å². The molecular formula is C14H25N3S. The molecule has 1 fully saturated rings. The Bertz CT molecular complexity index is 402. The molecule has 1 unspecified atom stereocenters. The van der Waals surface area contributed by atoms with Crippen molar-refractivity contribution in [3.05, 3.63) is 15.6 Å². The van der Waals surface area contributed by atoms with Crippen molar-refractivity contribution in [3.63, 3.8) is 0 Å². The fourth-order valence-corrected chi connectivity index (χ4v) is 3.87. The number of aryl methyl sites for hydroxylation is 2. The predicted molar refractivity (Wildman–Crippen MR) is 78.1 cm³/mol. The molecule has 1 atom stereocenters. The lowest BCUT2D eigenvalue weighted by Gasteiger charge is -2.25. The van der Waals surface area contributed by atoms with E-state index in [1.165, 1.54) is 23.5 Å². The van der Waals surface area contributed by atoms with Crippen LogP contribution in [0, 0.1) is 6.92 Å². The molecule has 1 aromatic heterocycles. The summed E-state index contributed by atoms with van der Waals surface area (Å²) in [6.07, 6.45) is 4.31. The van der Waals surface area contributed by atoms with Crippen LogP contribution in [0.25, 0.3) is 0 Å². The van der Waals surface area contributed by atoms with Gasteiger partial charge in [0, 0.05) is 11.4 Å². The molecule has 2 rings (SSSR count). The molecule has 2 N–H and O–H groups in total. The Morgan fingerprint density at radius 2 is 2.11 bits per heavy atom. The lowest BCUT2D eigenvalue weighted by Crippen LogP contribution is -2.37. The molecule has 0 radical (unpaired) electrons. The Labute approximate surface area is 114 Å². The van der Waals surface area contributed by atoms with Crippen molar-refractivity contribution in [2.45, 2.75) is 52.0 Å². The van der Waals surface area contributed by atoms with E-state index >= 15 is 0 Å². The first-order valence-electron chi connectivity index (χ1n) is 7.07. The summed E-state index contributed by atoms with van der Waals surface area (Å²) in [6.45, 7) is 9.98. The molecule has 1 aliphatic rings. The van der Waals surface area contributed by atoms with E-state index in [0.29, 0.717) is 0 Å². The van der Waals surface area contributed by atoms with Crippen LogP contribution in [0.5, 0.6) is 0 Å². The number of hydrogen-bond acceptors (Lipinski definition) is 4. The van der Waals surface area contributed by atoms with Gasteiger partial charge in [-0.3, -0.25) is 0 Å². The van der Waals surface area contributed by atoms with Crippen LogP contribution < -0.4 is 5.73 Å². The van der Waals surface area contributed by atoms with Gasteiger partial charge >= 0.3 is 0 Å². The quantitative estimate of drug-likeness (QED) is 0.915. The van der Waals surface area contributed by atoms with Crippen molar-refractivity contribution >= 4 is 11.3 Å². The van der Waals surface area contributed by atoms with Crippen molar-refractivity contribution in [1.82, 2.24) is 9.88 Å². The van der Waals surface area contributed by atoms with E-state index < -0.39 is 0 Å². The smallest absolute Gasteiger partial charge is 0.113 e. The van der Waals surface area contributed by atoms with Crippen molar-refractivity contribution in [3.8, 4) is 0 Å². The minimum atomic E-state index is -0.188. The second-order valence-corrected chi connectivity index (χ2v) is 6.52. The molecule has 0 saturated carbocycles. The van der Waals surface area contributed by atoms with Gasteiger partial charge in [-0.05, 0) is 45.7 Å². The Balaban J connectivity index is 2.19. The summed E-state index contributed by atoms with van der Waals surface area (Å²) in [7, 11) is 0. The molecule has 102 valence electrons. The Morgan fingerprint density at radius 3 is 2.72 bits per heavy atom. The van der Waals surface area contributed by atoms with Crippen LogP contribution in [0.2, 0.25) is 0 Å². The van der Waals surface area contributed by atoms with Gasteiger partial charge in [0.05, 0.1) is 11.2 Å². The Morgan fingerprint density at radius 1 is 1.33 bits per heavy atom. The summed E-state index contributed by atoms with van der Waals surface area (Å²) in [5.41, 5.74) is 7.70. The third-order valence-corrected chi connectivity index (χ3v) is 5.31. The highest BCUT2D eigenvalue weighted by atomic mass is 32.1. The number of hydrogen-bond donors (Lipinski definition) is 1. The summed E-state index contributed by atoms with van der Waals surface area (Å²) >= 11 is 1.81. The normalized spacial score (nSPS) is 26.2. The molecule has 1 aromatic rings. The molecule has 18 heavy (non-hydrogen) atoms. The van der Waals surface area contributed by atoms with Gasteiger partial charge in [0.25, 0.3) is 0 Å². The van der Waals surface area contributed by atoms with Crippen LogP contribution in [0.4, 0.5) is 0 Å². The monoisotopic (exact) mass is 267 g/mol. The minimum Gasteiger partial charge on any atom is -0.319 e. The second kappa shape index (κ2) is 5.68. The standard InChI is InChI=1S/C14H25N3S/c1-4-12-11(3)18-13(16-12)14(15)7-6-9-17(5-2)10-8-14/h4-10,15H2,1-3H3. The zero-order chi connectivity index (χ0) is 13.2. The fraction of sp³-hybridized carbons (Fsp3) is 0.786. The topological polar surface area (TPSA) is 42.1 Å². The summed E-state index contributed by atoms with van der Waals surface area (Å²) in [5.74, 6) is 0. The third-order valence-electron chi connectivity index (χ3n) is 4.07. The first-order valence-corrected chi connectivity index (χ1v) is 7.88. The highest BCUT2D eigenvalue weighted by molar-refractivity contribution is 7.11. The first kappa shape index (κ1) is 14.0. The van der Waals surface area contributed by atoms with Crippen LogP contribution in [0.1, 0.15) is 48.7 Å². The zero-order valence-electron chi connectivity index (χ0n) is 11.8. The van der Waals surface area contributed by atoms with Gasteiger partial charge in [-0.1, -0.05) is 13.8 Å². The maximum Gasteiger partial charge on any atom is 0.113 e. The predicted octanol–water partition coefficient (Wildman–Crippen LogP) is 2.67. The molecular weight excluding hydrogens is 242 g/mol. The zero-order valence-corrected chi connectivity index (χ0v) is 12.6. The summed E-state index contributed by atoms with van der Waals surface area (Å²) in [6, 6.07) is 0. The van der Waals surface area contributed by atoms with Gasteiger partial charge in [0.1, 0.15) is 5.01 Å². The maximum absolute atomic E-state index is 6.66. The van der Waals surface area contributed by atoms with Crippen LogP contribution in [-0.4, -0.2) is 29.5 Å². The van der Waals surface area contributed by atoms with Crippen molar-refractivity contribution in [2.75, 3.05) is 19.6 Å². The minimum absolute atomic E-state index is 0.188. The molecule has 0 amide bonds. The number of aromatic nitrogens is 1. The molecule has 2 heterocycles. The number of nitrogens with zero attached hydrogens (tertiary/aromatic N) is 2. The van der Waals surface area contributed by atoms with E-state index in [1.807, 2.05) is 11.3 Å². The van der Waals surface area contributed by atoms with Crippen molar-refractivity contribution in [1.29, 1.82) is 0 Å². The van der Waals surface area contributed by atoms with Crippen molar-refractivity contribution < 1.29 is 0 Å². The average Bonchev–Trinajstić information content (AvgIpc) is 2.64. The molecule has 0 aromatic carbocycles. The SMILES string of the molecule is CCc1nc(C2(N)CCCN(CC)CC2)sc1C. The Kier molecular flexibility index (Phi) is 4.41. The lowest BCUT2D eigenvalue weighted by molar-refractivity contribution is 0.289. The summed E-state index contributed by atoms with van der Waals surface area (Å²) < 4.78 is 0. The second-order valence-electron chi connectivity index (χ2n) is 5.32. The number of nitrogens with two attached hydrogens (primary N) is 1. The lowest BCUT2D eigenvalue weighted by atomic mass is 9.92. The van der Waals surface area contributed by atoms with E-state index in [0.717, 1.165) is 37.4 Å². The third kappa shape index (κ3) is 2.76. The highest BCUT2D eigenvalue weighted by Gasteiger charge is 2.33. The Hall–Kier alpha value is -0.450. The van der Waals surface area contributed by atoms with E-state index in [1.54, 1.807) is 0 Å². The van der Waals surface area contributed by atoms with Gasteiger partial charge < -0.3 is 10.6 Å². The molecule has 0 bridgehead atoms. The molecule has 0 spiro atoms. The molecule has 4 heteroatoms. The number of thiazole rings is 1. The number of rotatable bonds is 3. The first-order chi connectivity index (χ1) is 8.59. The maximum atomic E-state index is 6.66. The van der Waals surface area contributed by atoms with Gasteiger partial charge in [0.2, 0.25) is 0 Å². The van der Waals surface area contributed by atoms with E-state index in [4.69, 9.17) is 10.7 Å². The van der Waals surface area contributed by atoms with Crippen LogP contribution >= 0.6 is 11.3 Å². The average molecular weight is 267 g/mol.